The monoisotopic (exact) mass is 433 g/mol. The van der Waals surface area contributed by atoms with Crippen molar-refractivity contribution in [3.05, 3.63) is 59.7 Å². The molecule has 0 unspecified atom stereocenters. The summed E-state index contributed by atoms with van der Waals surface area (Å²) in [6.45, 7) is 4.77. The fourth-order valence-electron chi connectivity index (χ4n) is 3.42. The zero-order chi connectivity index (χ0) is 21.5. The van der Waals surface area contributed by atoms with E-state index < -0.39 is 5.76 Å². The Morgan fingerprint density at radius 3 is 2.53 bits per heavy atom. The molecule has 1 N–H and O–H groups in total. The van der Waals surface area contributed by atoms with Crippen molar-refractivity contribution >= 4 is 29.3 Å². The van der Waals surface area contributed by atoms with E-state index >= 15 is 0 Å². The molecular formula is C22H25F2N3O2S. The lowest BCUT2D eigenvalue weighted by Crippen LogP contribution is -2.38. The Hall–Kier alpha value is -2.45. The third-order valence-corrected chi connectivity index (χ3v) is 5.59. The Kier molecular flexibility index (Phi) is 7.81. The van der Waals surface area contributed by atoms with Crippen LogP contribution in [0.2, 0.25) is 0 Å². The molecule has 1 aliphatic heterocycles. The molecule has 0 aromatic heterocycles. The second kappa shape index (κ2) is 10.5. The van der Waals surface area contributed by atoms with Crippen LogP contribution in [0.3, 0.4) is 0 Å². The Balaban J connectivity index is 1.49. The Morgan fingerprint density at radius 1 is 1.07 bits per heavy atom. The molecule has 30 heavy (non-hydrogen) atoms. The zero-order valence-corrected chi connectivity index (χ0v) is 17.6. The van der Waals surface area contributed by atoms with Gasteiger partial charge in [0, 0.05) is 42.3 Å². The highest BCUT2D eigenvalue weighted by molar-refractivity contribution is 7.99. The number of carbonyl (C=O) groups excluding carboxylic acids is 2. The van der Waals surface area contributed by atoms with Gasteiger partial charge in [-0.25, -0.2) is 0 Å². The number of alkyl halides is 2. The van der Waals surface area contributed by atoms with Gasteiger partial charge >= 0.3 is 0 Å². The van der Waals surface area contributed by atoms with Gasteiger partial charge in [0.2, 0.25) is 5.91 Å². The van der Waals surface area contributed by atoms with Crippen molar-refractivity contribution in [3.8, 4) is 0 Å². The number of thioether (sulfide) groups is 1. The maximum absolute atomic E-state index is 12.7. The molecule has 0 saturated carbocycles. The van der Waals surface area contributed by atoms with Crippen molar-refractivity contribution in [2.24, 2.45) is 0 Å². The molecule has 2 aromatic carbocycles. The number of nitrogens with one attached hydrogen (secondary N) is 1. The molecule has 2 amide bonds. The molecule has 0 spiro atoms. The Bertz CT molecular complexity index is 877. The lowest BCUT2D eigenvalue weighted by atomic mass is 10.1. The number of carbonyl (C=O) groups is 2. The van der Waals surface area contributed by atoms with Crippen LogP contribution in [0.25, 0.3) is 0 Å². The number of hydrogen-bond donors (Lipinski definition) is 1. The van der Waals surface area contributed by atoms with E-state index in [1.165, 1.54) is 0 Å². The zero-order valence-electron chi connectivity index (χ0n) is 16.8. The summed E-state index contributed by atoms with van der Waals surface area (Å²) in [5, 5.41) is 2.80. The molecule has 5 nitrogen and oxygen atoms in total. The van der Waals surface area contributed by atoms with Crippen LogP contribution in [0.1, 0.15) is 22.3 Å². The first-order valence-electron chi connectivity index (χ1n) is 9.84. The predicted molar refractivity (Wildman–Crippen MR) is 115 cm³/mol. The summed E-state index contributed by atoms with van der Waals surface area (Å²) in [7, 11) is 0. The Labute approximate surface area is 179 Å². The van der Waals surface area contributed by atoms with Crippen molar-refractivity contribution in [1.29, 1.82) is 0 Å². The first-order valence-corrected chi connectivity index (χ1v) is 10.7. The molecule has 0 bridgehead atoms. The highest BCUT2D eigenvalue weighted by Crippen LogP contribution is 2.26. The summed E-state index contributed by atoms with van der Waals surface area (Å²) in [5.74, 6) is -2.61. The van der Waals surface area contributed by atoms with E-state index in [1.54, 1.807) is 24.3 Å². The van der Waals surface area contributed by atoms with E-state index in [9.17, 15) is 18.4 Å². The van der Waals surface area contributed by atoms with Gasteiger partial charge in [0.25, 0.3) is 11.7 Å². The molecule has 0 radical (unpaired) electrons. The number of anilines is 1. The number of halogens is 2. The normalized spacial score (nSPS) is 15.1. The summed E-state index contributed by atoms with van der Waals surface area (Å²) >= 11 is 0.472. The molecule has 1 fully saturated rings. The number of amides is 2. The molecule has 160 valence electrons. The van der Waals surface area contributed by atoms with Crippen LogP contribution in [0.4, 0.5) is 14.5 Å². The maximum atomic E-state index is 12.7. The summed E-state index contributed by atoms with van der Waals surface area (Å²) in [5.41, 5.74) is 2.31. The van der Waals surface area contributed by atoms with Gasteiger partial charge in [-0.2, -0.15) is 8.78 Å². The van der Waals surface area contributed by atoms with Crippen LogP contribution in [-0.4, -0.2) is 60.1 Å². The van der Waals surface area contributed by atoms with E-state index in [0.717, 1.165) is 18.5 Å². The van der Waals surface area contributed by atoms with Crippen molar-refractivity contribution in [2.45, 2.75) is 24.0 Å². The summed E-state index contributed by atoms with van der Waals surface area (Å²) in [4.78, 5) is 29.4. The van der Waals surface area contributed by atoms with Gasteiger partial charge in [-0.15, -0.1) is 0 Å². The number of hydrogen-bond acceptors (Lipinski definition) is 4. The van der Waals surface area contributed by atoms with E-state index in [0.29, 0.717) is 47.5 Å². The first-order chi connectivity index (χ1) is 14.4. The average molecular weight is 434 g/mol. The fraction of sp³-hybridized carbons (Fsp3) is 0.364. The van der Waals surface area contributed by atoms with Crippen molar-refractivity contribution in [1.82, 2.24) is 9.80 Å². The van der Waals surface area contributed by atoms with Gasteiger partial charge in [-0.05, 0) is 49.7 Å². The van der Waals surface area contributed by atoms with Gasteiger partial charge in [-0.3, -0.25) is 14.5 Å². The number of nitrogens with zero attached hydrogens (tertiary/aromatic N) is 2. The lowest BCUT2D eigenvalue weighted by molar-refractivity contribution is -0.117. The van der Waals surface area contributed by atoms with Gasteiger partial charge in [0.15, 0.2) is 0 Å². The second-order valence-corrected chi connectivity index (χ2v) is 8.31. The molecule has 3 rings (SSSR count). The average Bonchev–Trinajstić information content (AvgIpc) is 2.94. The van der Waals surface area contributed by atoms with E-state index in [2.05, 4.69) is 5.32 Å². The van der Waals surface area contributed by atoms with Crippen LogP contribution in [0.5, 0.6) is 0 Å². The van der Waals surface area contributed by atoms with Crippen LogP contribution in [-0.2, 0) is 4.79 Å². The van der Waals surface area contributed by atoms with Crippen LogP contribution >= 0.6 is 11.8 Å². The summed E-state index contributed by atoms with van der Waals surface area (Å²) in [6, 6.07) is 13.9. The molecule has 1 heterocycles. The minimum absolute atomic E-state index is 0.0201. The predicted octanol–water partition coefficient (Wildman–Crippen LogP) is 4.10. The van der Waals surface area contributed by atoms with Gasteiger partial charge in [0.1, 0.15) is 0 Å². The molecule has 1 saturated heterocycles. The molecule has 1 aliphatic rings. The lowest BCUT2D eigenvalue weighted by Gasteiger charge is -2.22. The first kappa shape index (κ1) is 22.2. The highest BCUT2D eigenvalue weighted by Gasteiger charge is 2.21. The standard InChI is InChI=1S/C22H25F2N3O2S/c1-16-4-2-5-17(14-16)21(29)27-11-3-10-26(12-13-27)15-20(28)25-18-6-8-19(9-7-18)30-22(23)24/h2,4-9,14,22H,3,10-13,15H2,1H3,(H,25,28). The summed E-state index contributed by atoms with van der Waals surface area (Å²) in [6.07, 6.45) is 0.796. The number of rotatable bonds is 6. The molecule has 0 atom stereocenters. The van der Waals surface area contributed by atoms with Crippen molar-refractivity contribution < 1.29 is 18.4 Å². The third-order valence-electron chi connectivity index (χ3n) is 4.87. The number of benzene rings is 2. The van der Waals surface area contributed by atoms with Gasteiger partial charge in [0.05, 0.1) is 6.54 Å². The number of aryl methyl sites for hydroxylation is 1. The van der Waals surface area contributed by atoms with E-state index in [-0.39, 0.29) is 18.4 Å². The maximum Gasteiger partial charge on any atom is 0.288 e. The van der Waals surface area contributed by atoms with Gasteiger partial charge in [-0.1, -0.05) is 29.5 Å². The third kappa shape index (κ3) is 6.53. The minimum Gasteiger partial charge on any atom is -0.337 e. The highest BCUT2D eigenvalue weighted by atomic mass is 32.2. The van der Waals surface area contributed by atoms with Crippen molar-refractivity contribution in [3.63, 3.8) is 0 Å². The fourth-order valence-corrected chi connectivity index (χ4v) is 3.92. The molecule has 0 aliphatic carbocycles. The van der Waals surface area contributed by atoms with Crippen LogP contribution in [0.15, 0.2) is 53.4 Å². The second-order valence-electron chi connectivity index (χ2n) is 7.24. The molecule has 2 aromatic rings. The summed E-state index contributed by atoms with van der Waals surface area (Å²) < 4.78 is 24.8. The largest absolute Gasteiger partial charge is 0.337 e. The smallest absolute Gasteiger partial charge is 0.288 e. The topological polar surface area (TPSA) is 52.7 Å². The molecular weight excluding hydrogens is 408 g/mol. The van der Waals surface area contributed by atoms with E-state index in [4.69, 9.17) is 0 Å². The minimum atomic E-state index is -2.47. The SMILES string of the molecule is Cc1cccc(C(=O)N2CCCN(CC(=O)Nc3ccc(SC(F)F)cc3)CC2)c1. The van der Waals surface area contributed by atoms with Crippen molar-refractivity contribution in [2.75, 3.05) is 38.0 Å². The van der Waals surface area contributed by atoms with E-state index in [1.807, 2.05) is 41.0 Å². The Morgan fingerprint density at radius 2 is 1.83 bits per heavy atom. The quantitative estimate of drug-likeness (QED) is 0.697. The molecule has 8 heteroatoms. The van der Waals surface area contributed by atoms with Gasteiger partial charge < -0.3 is 10.2 Å². The van der Waals surface area contributed by atoms with Crippen LogP contribution < -0.4 is 5.32 Å². The van der Waals surface area contributed by atoms with Crippen LogP contribution in [0, 0.1) is 6.92 Å².